The first-order valence-electron chi connectivity index (χ1n) is 10.0. The van der Waals surface area contributed by atoms with Crippen LogP contribution in [0.15, 0.2) is 50.8 Å². The van der Waals surface area contributed by atoms with Gasteiger partial charge in [-0.05, 0) is 41.1 Å². The Kier molecular flexibility index (Phi) is 6.01. The van der Waals surface area contributed by atoms with Crippen LogP contribution in [0.2, 0.25) is 0 Å². The highest BCUT2D eigenvalue weighted by Crippen LogP contribution is 2.56. The van der Waals surface area contributed by atoms with Gasteiger partial charge < -0.3 is 14.8 Å². The summed E-state index contributed by atoms with van der Waals surface area (Å²) in [6, 6.07) is 6.44. The summed E-state index contributed by atoms with van der Waals surface area (Å²) in [5.41, 5.74) is -2.82. The number of hydrogen-bond donors (Lipinski definition) is 1. The first kappa shape index (κ1) is 24.9. The summed E-state index contributed by atoms with van der Waals surface area (Å²) < 4.78 is 108. The molecule has 34 heavy (non-hydrogen) atoms. The lowest BCUT2D eigenvalue weighted by Crippen LogP contribution is -2.47. The average Bonchev–Trinajstić information content (AvgIpc) is 3.01. The van der Waals surface area contributed by atoms with Gasteiger partial charge in [-0.25, -0.2) is 12.8 Å². The van der Waals surface area contributed by atoms with Crippen LogP contribution >= 0.6 is 15.9 Å². The fourth-order valence-electron chi connectivity index (χ4n) is 4.53. The Morgan fingerprint density at radius 2 is 1.85 bits per heavy atom. The van der Waals surface area contributed by atoms with Crippen molar-refractivity contribution in [3.63, 3.8) is 0 Å². The van der Waals surface area contributed by atoms with Gasteiger partial charge in [-0.2, -0.15) is 17.6 Å². The molecule has 1 N–H and O–H groups in total. The second-order valence-electron chi connectivity index (χ2n) is 8.30. The average molecular weight is 568 g/mol. The fraction of sp³-hybridized carbons (Fsp3) is 0.364. The predicted octanol–water partition coefficient (Wildman–Crippen LogP) is 5.92. The van der Waals surface area contributed by atoms with E-state index in [0.717, 1.165) is 31.6 Å². The minimum atomic E-state index is -4.85. The van der Waals surface area contributed by atoms with Crippen molar-refractivity contribution in [2.75, 3.05) is 12.4 Å². The van der Waals surface area contributed by atoms with Crippen molar-refractivity contribution in [1.82, 2.24) is 0 Å². The molecule has 2 aromatic rings. The Balaban J connectivity index is 1.92. The highest BCUT2D eigenvalue weighted by molar-refractivity contribution is 9.10. The highest BCUT2D eigenvalue weighted by atomic mass is 79.9. The normalized spacial score (nSPS) is 28.1. The lowest BCUT2D eigenvalue weighted by molar-refractivity contribution is -0.271. The molecule has 0 bridgehead atoms. The van der Waals surface area contributed by atoms with Crippen molar-refractivity contribution in [3.05, 3.63) is 63.1 Å². The molecule has 5 nitrogen and oxygen atoms in total. The van der Waals surface area contributed by atoms with Crippen LogP contribution in [-0.4, -0.2) is 33.4 Å². The van der Waals surface area contributed by atoms with E-state index in [9.17, 15) is 30.4 Å². The zero-order valence-corrected chi connectivity index (χ0v) is 20.4. The van der Waals surface area contributed by atoms with E-state index in [1.165, 1.54) is 19.1 Å². The molecule has 4 rings (SSSR count). The summed E-state index contributed by atoms with van der Waals surface area (Å²) in [6.07, 6.45) is -6.34. The molecule has 0 aromatic heterocycles. The molecule has 1 saturated heterocycles. The van der Waals surface area contributed by atoms with Gasteiger partial charge in [0.1, 0.15) is 11.0 Å². The van der Waals surface area contributed by atoms with Crippen molar-refractivity contribution in [2.45, 2.75) is 42.5 Å². The van der Waals surface area contributed by atoms with Crippen LogP contribution in [-0.2, 0) is 14.6 Å². The van der Waals surface area contributed by atoms with Gasteiger partial charge in [0.15, 0.2) is 17.2 Å². The number of anilines is 1. The molecule has 2 aliphatic rings. The number of alkyl halides is 3. The Labute approximate surface area is 201 Å². The van der Waals surface area contributed by atoms with Crippen LogP contribution in [0.3, 0.4) is 0 Å². The van der Waals surface area contributed by atoms with Crippen LogP contribution < -0.4 is 10.1 Å². The van der Waals surface area contributed by atoms with Crippen LogP contribution in [0.25, 0.3) is 0 Å². The van der Waals surface area contributed by atoms with E-state index in [-0.39, 0.29) is 26.3 Å². The third-order valence-corrected chi connectivity index (χ3v) is 8.93. The number of rotatable bonds is 3. The number of hydrogen-bond acceptors (Lipinski definition) is 5. The summed E-state index contributed by atoms with van der Waals surface area (Å²) in [4.78, 5) is -0.0784. The Morgan fingerprint density at radius 3 is 2.47 bits per heavy atom. The lowest BCUT2D eigenvalue weighted by Gasteiger charge is -2.32. The number of nitrogens with one attached hydrogen (secondary N) is 1. The van der Waals surface area contributed by atoms with Gasteiger partial charge in [-0.1, -0.05) is 19.1 Å². The Hall–Kier alpha value is -2.18. The fourth-order valence-corrected chi connectivity index (χ4v) is 6.98. The van der Waals surface area contributed by atoms with E-state index in [0.29, 0.717) is 0 Å². The smallest absolute Gasteiger partial charge is 0.417 e. The van der Waals surface area contributed by atoms with E-state index >= 15 is 0 Å². The number of halogens is 6. The zero-order valence-electron chi connectivity index (χ0n) is 18.0. The molecule has 2 heterocycles. The number of fused-ring (bicyclic) bond motifs is 1. The zero-order chi connectivity index (χ0) is 25.2. The first-order valence-corrected chi connectivity index (χ1v) is 12.4. The predicted molar refractivity (Wildman–Crippen MR) is 117 cm³/mol. The van der Waals surface area contributed by atoms with E-state index in [1.54, 1.807) is 6.07 Å². The molecule has 1 fully saturated rings. The van der Waals surface area contributed by atoms with Gasteiger partial charge in [0.25, 0.3) is 0 Å². The molecule has 0 radical (unpaired) electrons. The molecule has 184 valence electrons. The van der Waals surface area contributed by atoms with E-state index in [1.807, 2.05) is 0 Å². The second-order valence-corrected chi connectivity index (χ2v) is 10.9. The standard InChI is InChI=1S/C22H19BrF5NO4S/c1-10-16(11-7-8-13(24)17(25)18(11)32-3)19(33-21(10,2)22(26,27)28)15-9-34(30,31)20-12(23)5-4-6-14(20)29-15/h4-10,16,19,29H,1-3H3/t10-,16-,19+,21+/m0/s1. The molecular weight excluding hydrogens is 549 g/mol. The molecule has 4 atom stereocenters. The van der Waals surface area contributed by atoms with E-state index in [4.69, 9.17) is 9.47 Å². The van der Waals surface area contributed by atoms with Gasteiger partial charge in [-0.15, -0.1) is 0 Å². The van der Waals surface area contributed by atoms with Gasteiger partial charge >= 0.3 is 6.18 Å². The lowest BCUT2D eigenvalue weighted by atomic mass is 9.76. The van der Waals surface area contributed by atoms with E-state index < -0.39 is 56.9 Å². The molecule has 2 aromatic carbocycles. The summed E-state index contributed by atoms with van der Waals surface area (Å²) >= 11 is 3.17. The summed E-state index contributed by atoms with van der Waals surface area (Å²) in [6.45, 7) is 2.11. The number of ether oxygens (including phenoxy) is 2. The van der Waals surface area contributed by atoms with Crippen LogP contribution in [0.4, 0.5) is 27.6 Å². The molecule has 0 aliphatic carbocycles. The largest absolute Gasteiger partial charge is 0.493 e. The summed E-state index contributed by atoms with van der Waals surface area (Å²) in [5, 5.41) is 3.66. The Morgan fingerprint density at radius 1 is 1.18 bits per heavy atom. The van der Waals surface area contributed by atoms with Crippen molar-refractivity contribution in [1.29, 1.82) is 0 Å². The quantitative estimate of drug-likeness (QED) is 0.467. The van der Waals surface area contributed by atoms with Gasteiger partial charge in [0.2, 0.25) is 15.7 Å². The van der Waals surface area contributed by atoms with Crippen molar-refractivity contribution in [2.24, 2.45) is 5.92 Å². The summed E-state index contributed by atoms with van der Waals surface area (Å²) in [7, 11) is -3.02. The van der Waals surface area contributed by atoms with Crippen molar-refractivity contribution >= 4 is 31.5 Å². The van der Waals surface area contributed by atoms with Crippen LogP contribution in [0, 0.1) is 17.6 Å². The molecule has 0 saturated carbocycles. The number of benzene rings is 2. The van der Waals surface area contributed by atoms with E-state index in [2.05, 4.69) is 21.2 Å². The van der Waals surface area contributed by atoms with Crippen molar-refractivity contribution in [3.8, 4) is 5.75 Å². The number of methoxy groups -OCH3 is 1. The van der Waals surface area contributed by atoms with Gasteiger partial charge in [0, 0.05) is 21.9 Å². The molecule has 2 aliphatic heterocycles. The van der Waals surface area contributed by atoms with Crippen LogP contribution in [0.1, 0.15) is 25.3 Å². The molecule has 12 heteroatoms. The molecule has 0 spiro atoms. The SMILES string of the molecule is COc1c([C@H]2[C@@H](C3=CS(=O)(=O)c4c(Br)cccc4N3)O[C@@](C)(C(F)(F)F)[C@H]2C)ccc(F)c1F. The first-order chi connectivity index (χ1) is 15.7. The summed E-state index contributed by atoms with van der Waals surface area (Å²) in [5.74, 6) is -5.73. The van der Waals surface area contributed by atoms with Gasteiger partial charge in [0.05, 0.1) is 23.9 Å². The molecule has 0 unspecified atom stereocenters. The van der Waals surface area contributed by atoms with Crippen LogP contribution in [0.5, 0.6) is 5.75 Å². The third-order valence-electron chi connectivity index (χ3n) is 6.43. The molecular formula is C22H19BrF5NO4S. The third kappa shape index (κ3) is 3.70. The topological polar surface area (TPSA) is 64.6 Å². The minimum absolute atomic E-state index is 0.0768. The Bertz CT molecular complexity index is 1300. The maximum Gasteiger partial charge on any atom is 0.417 e. The minimum Gasteiger partial charge on any atom is -0.493 e. The second kappa shape index (κ2) is 8.20. The highest BCUT2D eigenvalue weighted by Gasteiger charge is 2.65. The molecule has 0 amide bonds. The monoisotopic (exact) mass is 567 g/mol. The maximum absolute atomic E-state index is 14.5. The van der Waals surface area contributed by atoms with Crippen molar-refractivity contribution < 1.29 is 39.8 Å². The maximum atomic E-state index is 14.5. The number of sulfone groups is 1. The van der Waals surface area contributed by atoms with Gasteiger partial charge in [-0.3, -0.25) is 0 Å².